The number of aliphatic hydroxyl groups excluding tert-OH is 1. The number of rotatable bonds is 5. The molecular weight excluding hydrogens is 261 g/mol. The average Bonchev–Trinajstić information content (AvgIpc) is 2.27. The highest BCUT2D eigenvalue weighted by Crippen LogP contribution is 2.55. The molecule has 0 aromatic heterocycles. The van der Waals surface area contributed by atoms with Crippen molar-refractivity contribution in [2.45, 2.75) is 22.9 Å². The Morgan fingerprint density at radius 1 is 1.47 bits per heavy atom. The molecule has 0 bridgehead atoms. The molecule has 0 aliphatic carbocycles. The molecule has 0 radical (unpaired) electrons. The van der Waals surface area contributed by atoms with E-state index in [2.05, 4.69) is 0 Å². The first-order chi connectivity index (χ1) is 7.82. The zero-order valence-electron chi connectivity index (χ0n) is 9.41. The molecule has 1 atom stereocenters. The van der Waals surface area contributed by atoms with Crippen LogP contribution < -0.4 is 5.73 Å². The van der Waals surface area contributed by atoms with Crippen molar-refractivity contribution in [1.82, 2.24) is 0 Å². The second kappa shape index (κ2) is 5.52. The Labute approximate surface area is 104 Å². The summed E-state index contributed by atoms with van der Waals surface area (Å²) in [4.78, 5) is 18.9. The molecule has 0 heterocycles. The van der Waals surface area contributed by atoms with E-state index in [0.717, 1.165) is 23.7 Å². The predicted molar refractivity (Wildman–Crippen MR) is 67.7 cm³/mol. The number of nitrogens with two attached hydrogens (primary N) is 1. The zero-order chi connectivity index (χ0) is 13.1. The second-order valence-corrected chi connectivity index (χ2v) is 7.24. The summed E-state index contributed by atoms with van der Waals surface area (Å²) in [6.07, 6.45) is 0.820. The van der Waals surface area contributed by atoms with Crippen LogP contribution in [0.25, 0.3) is 0 Å². The second-order valence-electron chi connectivity index (χ2n) is 3.65. The van der Waals surface area contributed by atoms with Gasteiger partial charge in [0.25, 0.3) is 0 Å². The molecule has 96 valence electrons. The van der Waals surface area contributed by atoms with E-state index in [1.165, 1.54) is 0 Å². The summed E-state index contributed by atoms with van der Waals surface area (Å²) in [6.45, 7) is 1.19. The van der Waals surface area contributed by atoms with E-state index in [-0.39, 0.29) is 0 Å². The van der Waals surface area contributed by atoms with Crippen LogP contribution in [-0.2, 0) is 11.0 Å². The van der Waals surface area contributed by atoms with Crippen molar-refractivity contribution in [3.05, 3.63) is 29.8 Å². The van der Waals surface area contributed by atoms with Gasteiger partial charge in [-0.3, -0.25) is 4.57 Å². The third kappa shape index (κ3) is 3.55. The minimum absolute atomic E-state index is 0.629. The maximum absolute atomic E-state index is 11.2. The number of benzene rings is 1. The van der Waals surface area contributed by atoms with Crippen LogP contribution in [-0.4, -0.2) is 26.1 Å². The molecule has 17 heavy (non-hydrogen) atoms. The van der Waals surface area contributed by atoms with E-state index in [1.807, 2.05) is 13.0 Å². The molecule has 1 rings (SSSR count). The normalized spacial score (nSPS) is 15.6. The summed E-state index contributed by atoms with van der Waals surface area (Å²) in [6, 6.07) is 7.21. The fourth-order valence-electron chi connectivity index (χ4n) is 1.22. The Kier molecular flexibility index (Phi) is 4.77. The summed E-state index contributed by atoms with van der Waals surface area (Å²) < 4.78 is 9.24. The Morgan fingerprint density at radius 3 is 2.59 bits per heavy atom. The lowest BCUT2D eigenvalue weighted by Gasteiger charge is -2.27. The van der Waals surface area contributed by atoms with Gasteiger partial charge in [-0.25, -0.2) is 0 Å². The minimum atomic E-state index is -4.59. The van der Waals surface area contributed by atoms with Crippen LogP contribution in [0.3, 0.4) is 0 Å². The van der Waals surface area contributed by atoms with Crippen molar-refractivity contribution < 1.29 is 19.5 Å². The molecule has 1 aromatic carbocycles. The molecule has 7 heteroatoms. The van der Waals surface area contributed by atoms with Gasteiger partial charge in [0, 0.05) is 4.90 Å². The first-order valence-electron chi connectivity index (χ1n) is 5.05. The molecule has 0 aliphatic rings. The zero-order valence-corrected chi connectivity index (χ0v) is 11.1. The van der Waals surface area contributed by atoms with Gasteiger partial charge in [0.15, 0.2) is 4.61 Å². The highest BCUT2D eigenvalue weighted by molar-refractivity contribution is 8.06. The van der Waals surface area contributed by atoms with E-state index >= 15 is 0 Å². The predicted octanol–water partition coefficient (Wildman–Crippen LogP) is 1.12. The molecule has 5 N–H and O–H groups in total. The van der Waals surface area contributed by atoms with Gasteiger partial charge in [0.2, 0.25) is 0 Å². The summed E-state index contributed by atoms with van der Waals surface area (Å²) in [5.41, 5.74) is 6.59. The maximum Gasteiger partial charge on any atom is 0.358 e. The number of hydrogen-bond acceptors (Lipinski definition) is 4. The van der Waals surface area contributed by atoms with Crippen LogP contribution in [0.2, 0.25) is 0 Å². The fraction of sp³-hybridized carbons (Fsp3) is 0.400. The van der Waals surface area contributed by atoms with Crippen LogP contribution in [0, 0.1) is 0 Å². The third-order valence-electron chi connectivity index (χ3n) is 2.32. The Morgan fingerprint density at radius 2 is 2.12 bits per heavy atom. The van der Waals surface area contributed by atoms with Crippen LogP contribution in [0.1, 0.15) is 12.5 Å². The molecule has 0 spiro atoms. The highest BCUT2D eigenvalue weighted by atomic mass is 32.2. The van der Waals surface area contributed by atoms with E-state index in [1.54, 1.807) is 18.2 Å². The lowest BCUT2D eigenvalue weighted by atomic mass is 10.2. The molecule has 0 amide bonds. The Hall–Kier alpha value is -0.360. The van der Waals surface area contributed by atoms with Gasteiger partial charge in [-0.05, 0) is 24.1 Å². The Balaban J connectivity index is 2.99. The topological polar surface area (TPSA) is 104 Å². The molecule has 0 saturated carbocycles. The van der Waals surface area contributed by atoms with Gasteiger partial charge >= 0.3 is 7.60 Å². The van der Waals surface area contributed by atoms with Crippen LogP contribution >= 0.6 is 19.4 Å². The van der Waals surface area contributed by atoms with Crippen LogP contribution in [0.4, 0.5) is 0 Å². The van der Waals surface area contributed by atoms with Crippen molar-refractivity contribution in [3.63, 3.8) is 0 Å². The largest absolute Gasteiger partial charge is 0.393 e. The van der Waals surface area contributed by atoms with Crippen molar-refractivity contribution in [3.8, 4) is 0 Å². The SMILES string of the molecule is CCc1cccc(SC(N)(CO)P(=O)(O)O)c1. The first-order valence-corrected chi connectivity index (χ1v) is 7.48. The molecular formula is C10H16NO4PS. The number of aryl methyl sites for hydroxylation is 1. The molecule has 5 nitrogen and oxygen atoms in total. The average molecular weight is 277 g/mol. The lowest BCUT2D eigenvalue weighted by Crippen LogP contribution is -2.39. The van der Waals surface area contributed by atoms with Gasteiger partial charge in [0.1, 0.15) is 0 Å². The number of thioether (sulfide) groups is 1. The molecule has 0 saturated heterocycles. The van der Waals surface area contributed by atoms with Crippen molar-refractivity contribution in [2.24, 2.45) is 5.73 Å². The van der Waals surface area contributed by atoms with Crippen LogP contribution in [0.5, 0.6) is 0 Å². The summed E-state index contributed by atoms with van der Waals surface area (Å²) in [7, 11) is -4.59. The standard InChI is InChI=1S/C10H16NO4PS/c1-2-8-4-3-5-9(6-8)17-10(11,7-12)16(13,14)15/h3-6,12H,2,7,11H2,1H3,(H2,13,14,15). The van der Waals surface area contributed by atoms with Gasteiger partial charge in [-0.2, -0.15) is 0 Å². The smallest absolute Gasteiger partial charge is 0.358 e. The van der Waals surface area contributed by atoms with E-state index < -0.39 is 18.8 Å². The quantitative estimate of drug-likeness (QED) is 0.365. The number of aliphatic hydroxyl groups is 1. The van der Waals surface area contributed by atoms with Gasteiger partial charge in [-0.1, -0.05) is 30.8 Å². The summed E-state index contributed by atoms with van der Waals surface area (Å²) in [5, 5.41) is 9.07. The summed E-state index contributed by atoms with van der Waals surface area (Å²) >= 11 is 0.792. The van der Waals surface area contributed by atoms with E-state index in [0.29, 0.717) is 4.90 Å². The highest BCUT2D eigenvalue weighted by Gasteiger charge is 2.44. The summed E-state index contributed by atoms with van der Waals surface area (Å²) in [5.74, 6) is 0. The van der Waals surface area contributed by atoms with Crippen LogP contribution in [0.15, 0.2) is 29.2 Å². The monoisotopic (exact) mass is 277 g/mol. The van der Waals surface area contributed by atoms with Gasteiger partial charge < -0.3 is 20.6 Å². The van der Waals surface area contributed by atoms with Gasteiger partial charge in [0.05, 0.1) is 6.61 Å². The third-order valence-corrected chi connectivity index (χ3v) is 5.41. The fourth-order valence-corrected chi connectivity index (χ4v) is 3.02. The molecule has 1 unspecified atom stereocenters. The first kappa shape index (κ1) is 14.7. The lowest BCUT2D eigenvalue weighted by molar-refractivity contribution is 0.254. The molecule has 0 aliphatic heterocycles. The van der Waals surface area contributed by atoms with Crippen molar-refractivity contribution in [1.29, 1.82) is 0 Å². The van der Waals surface area contributed by atoms with Crippen molar-refractivity contribution in [2.75, 3.05) is 6.61 Å². The van der Waals surface area contributed by atoms with E-state index in [4.69, 9.17) is 20.6 Å². The Bertz CT molecular complexity index is 436. The molecule has 0 fully saturated rings. The number of hydrogen-bond donors (Lipinski definition) is 4. The molecule has 1 aromatic rings. The van der Waals surface area contributed by atoms with Gasteiger partial charge in [-0.15, -0.1) is 0 Å². The maximum atomic E-state index is 11.2. The van der Waals surface area contributed by atoms with E-state index in [9.17, 15) is 4.57 Å². The minimum Gasteiger partial charge on any atom is -0.393 e. The van der Waals surface area contributed by atoms with Crippen molar-refractivity contribution >= 4 is 19.4 Å².